The number of likely N-dealkylation sites (tertiary alicyclic amines) is 1. The lowest BCUT2D eigenvalue weighted by atomic mass is 9.86. The molecule has 0 aromatic heterocycles. The van der Waals surface area contributed by atoms with Gasteiger partial charge in [0.2, 0.25) is 5.91 Å². The number of amides is 2. The predicted molar refractivity (Wildman–Crippen MR) is 132 cm³/mol. The van der Waals surface area contributed by atoms with Crippen LogP contribution in [0, 0.1) is 5.92 Å². The van der Waals surface area contributed by atoms with E-state index in [0.29, 0.717) is 30.0 Å². The molecular formula is C29H27F3N2O3. The average Bonchev–Trinajstić information content (AvgIpc) is 3.37. The van der Waals surface area contributed by atoms with Gasteiger partial charge in [0.25, 0.3) is 5.91 Å². The molecule has 5 nitrogen and oxygen atoms in total. The van der Waals surface area contributed by atoms with E-state index >= 15 is 0 Å². The molecule has 2 aliphatic rings. The van der Waals surface area contributed by atoms with Gasteiger partial charge < -0.3 is 14.5 Å². The van der Waals surface area contributed by atoms with Crippen molar-refractivity contribution < 1.29 is 27.5 Å². The highest BCUT2D eigenvalue weighted by atomic mass is 19.4. The van der Waals surface area contributed by atoms with Crippen LogP contribution in [-0.2, 0) is 23.9 Å². The van der Waals surface area contributed by atoms with Gasteiger partial charge in [-0.15, -0.1) is 0 Å². The highest BCUT2D eigenvalue weighted by molar-refractivity contribution is 5.95. The number of nitrogens with zero attached hydrogens (tertiary/aromatic N) is 2. The number of alkyl halides is 3. The topological polar surface area (TPSA) is 49.9 Å². The fourth-order valence-electron chi connectivity index (χ4n) is 5.36. The summed E-state index contributed by atoms with van der Waals surface area (Å²) in [4.78, 5) is 30.6. The van der Waals surface area contributed by atoms with Crippen molar-refractivity contribution in [2.24, 2.45) is 5.92 Å². The number of halogens is 3. The van der Waals surface area contributed by atoms with Crippen molar-refractivity contribution in [3.63, 3.8) is 0 Å². The molecule has 2 heterocycles. The molecule has 2 amide bonds. The van der Waals surface area contributed by atoms with Gasteiger partial charge in [0, 0.05) is 37.7 Å². The molecule has 2 atom stereocenters. The van der Waals surface area contributed by atoms with E-state index in [1.807, 2.05) is 24.3 Å². The summed E-state index contributed by atoms with van der Waals surface area (Å²) in [6.45, 7) is 1.27. The minimum atomic E-state index is -4.50. The summed E-state index contributed by atoms with van der Waals surface area (Å²) in [7, 11) is 1.51. The number of hydrogen-bond acceptors (Lipinski definition) is 3. The van der Waals surface area contributed by atoms with Crippen molar-refractivity contribution >= 4 is 11.8 Å². The van der Waals surface area contributed by atoms with Gasteiger partial charge in [-0.2, -0.15) is 13.2 Å². The molecule has 3 aromatic rings. The maximum atomic E-state index is 13.8. The molecule has 192 valence electrons. The zero-order valence-electron chi connectivity index (χ0n) is 20.4. The molecule has 3 aromatic carbocycles. The molecule has 2 unspecified atom stereocenters. The largest absolute Gasteiger partial charge is 0.497 e. The number of ether oxygens (including phenoxy) is 1. The second-order valence-electron chi connectivity index (χ2n) is 9.56. The summed E-state index contributed by atoms with van der Waals surface area (Å²) >= 11 is 0. The van der Waals surface area contributed by atoms with Crippen molar-refractivity contribution in [3.8, 4) is 5.75 Å². The summed E-state index contributed by atoms with van der Waals surface area (Å²) in [6, 6.07) is 19.8. The highest BCUT2D eigenvalue weighted by Crippen LogP contribution is 2.38. The first-order valence-electron chi connectivity index (χ1n) is 12.2. The van der Waals surface area contributed by atoms with Gasteiger partial charge in [0.15, 0.2) is 0 Å². The first-order chi connectivity index (χ1) is 17.7. The molecule has 1 saturated heterocycles. The van der Waals surface area contributed by atoms with E-state index in [-0.39, 0.29) is 24.9 Å². The fourth-order valence-corrected chi connectivity index (χ4v) is 5.36. The van der Waals surface area contributed by atoms with Gasteiger partial charge in [0.05, 0.1) is 18.6 Å². The summed E-state index contributed by atoms with van der Waals surface area (Å²) in [5, 5.41) is 0. The molecule has 0 saturated carbocycles. The average molecular weight is 509 g/mol. The quantitative estimate of drug-likeness (QED) is 0.490. The summed E-state index contributed by atoms with van der Waals surface area (Å²) in [6.07, 6.45) is -3.78. The number of hydrogen-bond donors (Lipinski definition) is 0. The van der Waals surface area contributed by atoms with Crippen LogP contribution in [-0.4, -0.2) is 48.4 Å². The molecule has 8 heteroatoms. The zero-order valence-corrected chi connectivity index (χ0v) is 20.4. The molecule has 1 fully saturated rings. The van der Waals surface area contributed by atoms with Gasteiger partial charge in [-0.05, 0) is 47.4 Å². The number of benzene rings is 3. The fraction of sp³-hybridized carbons (Fsp3) is 0.310. The maximum Gasteiger partial charge on any atom is 0.416 e. The van der Waals surface area contributed by atoms with E-state index < -0.39 is 23.6 Å². The SMILES string of the molecule is COc1cccc(C(=O)N2CC(C(=O)N3CCc4ccccc4C3)C(c3cccc(C(F)(F)F)c3)C2)c1. The van der Waals surface area contributed by atoms with Crippen LogP contribution in [0.1, 0.15) is 38.5 Å². The Morgan fingerprint density at radius 1 is 0.892 bits per heavy atom. The monoisotopic (exact) mass is 508 g/mol. The van der Waals surface area contributed by atoms with E-state index in [4.69, 9.17) is 4.74 Å². The smallest absolute Gasteiger partial charge is 0.416 e. The van der Waals surface area contributed by atoms with Crippen LogP contribution in [0.15, 0.2) is 72.8 Å². The summed E-state index contributed by atoms with van der Waals surface area (Å²) in [5.41, 5.74) is 2.32. The molecule has 0 N–H and O–H groups in total. The molecule has 2 aliphatic heterocycles. The number of methoxy groups -OCH3 is 1. The Hall–Kier alpha value is -3.81. The van der Waals surface area contributed by atoms with Crippen LogP contribution < -0.4 is 4.74 Å². The lowest BCUT2D eigenvalue weighted by Crippen LogP contribution is -2.42. The van der Waals surface area contributed by atoms with Crippen LogP contribution in [0.3, 0.4) is 0 Å². The standard InChI is InChI=1S/C29H27F3N2O3/c1-37-24-11-5-9-21(15-24)27(35)34-17-25(20-8-4-10-23(14-20)29(30,31)32)26(18-34)28(36)33-13-12-19-6-2-3-7-22(19)16-33/h2-11,14-15,25-26H,12-13,16-18H2,1H3. The molecule has 0 radical (unpaired) electrons. The Morgan fingerprint density at radius 3 is 2.41 bits per heavy atom. The molecular weight excluding hydrogens is 481 g/mol. The molecule has 37 heavy (non-hydrogen) atoms. The van der Waals surface area contributed by atoms with Crippen LogP contribution >= 0.6 is 0 Å². The number of carbonyl (C=O) groups is 2. The van der Waals surface area contributed by atoms with Crippen molar-refractivity contribution in [2.75, 3.05) is 26.7 Å². The van der Waals surface area contributed by atoms with E-state index in [1.54, 1.807) is 40.1 Å². The lowest BCUT2D eigenvalue weighted by Gasteiger charge is -2.32. The van der Waals surface area contributed by atoms with Crippen LogP contribution in [0.5, 0.6) is 5.75 Å². The predicted octanol–water partition coefficient (Wildman–Crippen LogP) is 5.15. The van der Waals surface area contributed by atoms with Crippen molar-refractivity contribution in [2.45, 2.75) is 25.1 Å². The Bertz CT molecular complexity index is 1320. The zero-order chi connectivity index (χ0) is 26.2. The van der Waals surface area contributed by atoms with E-state index in [2.05, 4.69) is 0 Å². The first-order valence-corrected chi connectivity index (χ1v) is 12.2. The summed E-state index contributed by atoms with van der Waals surface area (Å²) in [5.74, 6) is -1.10. The van der Waals surface area contributed by atoms with Gasteiger partial charge >= 0.3 is 6.18 Å². The van der Waals surface area contributed by atoms with E-state index in [1.165, 1.54) is 18.7 Å². The van der Waals surface area contributed by atoms with Crippen molar-refractivity contribution in [1.29, 1.82) is 0 Å². The molecule has 0 spiro atoms. The summed E-state index contributed by atoms with van der Waals surface area (Å²) < 4.78 is 45.7. The van der Waals surface area contributed by atoms with Crippen LogP contribution in [0.25, 0.3) is 0 Å². The van der Waals surface area contributed by atoms with Crippen molar-refractivity contribution in [3.05, 3.63) is 101 Å². The minimum absolute atomic E-state index is 0.133. The molecule has 5 rings (SSSR count). The van der Waals surface area contributed by atoms with E-state index in [9.17, 15) is 22.8 Å². The van der Waals surface area contributed by atoms with Crippen LogP contribution in [0.4, 0.5) is 13.2 Å². The van der Waals surface area contributed by atoms with Gasteiger partial charge in [0.1, 0.15) is 5.75 Å². The highest BCUT2D eigenvalue weighted by Gasteiger charge is 2.43. The number of rotatable bonds is 4. The Balaban J connectivity index is 1.46. The van der Waals surface area contributed by atoms with Gasteiger partial charge in [-0.25, -0.2) is 0 Å². The molecule has 0 bridgehead atoms. The second kappa shape index (κ2) is 9.92. The third-order valence-electron chi connectivity index (χ3n) is 7.33. The Kier molecular flexibility index (Phi) is 6.67. The maximum absolute atomic E-state index is 13.8. The van der Waals surface area contributed by atoms with Gasteiger partial charge in [-0.1, -0.05) is 48.5 Å². The number of fused-ring (bicyclic) bond motifs is 1. The molecule has 0 aliphatic carbocycles. The third kappa shape index (κ3) is 5.05. The normalized spacial score (nSPS) is 19.5. The number of carbonyl (C=O) groups excluding carboxylic acids is 2. The third-order valence-corrected chi connectivity index (χ3v) is 7.33. The minimum Gasteiger partial charge on any atom is -0.497 e. The van der Waals surface area contributed by atoms with Crippen molar-refractivity contribution in [1.82, 2.24) is 9.80 Å². The van der Waals surface area contributed by atoms with Crippen LogP contribution in [0.2, 0.25) is 0 Å². The second-order valence-corrected chi connectivity index (χ2v) is 9.56. The Morgan fingerprint density at radius 2 is 1.65 bits per heavy atom. The lowest BCUT2D eigenvalue weighted by molar-refractivity contribution is -0.137. The van der Waals surface area contributed by atoms with E-state index in [0.717, 1.165) is 24.1 Å². The van der Waals surface area contributed by atoms with Gasteiger partial charge in [-0.3, -0.25) is 9.59 Å². The Labute approximate surface area is 213 Å². The first kappa shape index (κ1) is 24.9.